The number of benzene rings is 1. The van der Waals surface area contributed by atoms with Crippen molar-refractivity contribution in [1.82, 2.24) is 0 Å². The van der Waals surface area contributed by atoms with Crippen molar-refractivity contribution in [1.29, 1.82) is 0 Å². The van der Waals surface area contributed by atoms with Gasteiger partial charge in [-0.2, -0.15) is 0 Å². The fourth-order valence-electron chi connectivity index (χ4n) is 1.31. The standard InChI is InChI=1S/C13H14O4/c1-2-17-13(16)11(9-12(14)15)8-10-6-4-3-5-7-10/h3-8H,2,9H2,1H3,(H,14,15)/p-1/b11-8-. The van der Waals surface area contributed by atoms with Gasteiger partial charge in [0.15, 0.2) is 0 Å². The average Bonchev–Trinajstić information content (AvgIpc) is 2.29. The molecule has 17 heavy (non-hydrogen) atoms. The van der Waals surface area contributed by atoms with E-state index in [-0.39, 0.29) is 12.2 Å². The number of esters is 1. The second-order valence-electron chi connectivity index (χ2n) is 3.35. The Morgan fingerprint density at radius 2 is 1.94 bits per heavy atom. The number of rotatable bonds is 5. The zero-order chi connectivity index (χ0) is 12.7. The number of carboxylic acids is 1. The Kier molecular flexibility index (Phi) is 4.94. The van der Waals surface area contributed by atoms with Gasteiger partial charge < -0.3 is 14.6 Å². The maximum Gasteiger partial charge on any atom is 0.334 e. The van der Waals surface area contributed by atoms with E-state index in [9.17, 15) is 14.7 Å². The summed E-state index contributed by atoms with van der Waals surface area (Å²) in [5.41, 5.74) is 0.829. The van der Waals surface area contributed by atoms with Crippen LogP contribution in [0.4, 0.5) is 0 Å². The van der Waals surface area contributed by atoms with Gasteiger partial charge in [0, 0.05) is 18.0 Å². The fourth-order valence-corrected chi connectivity index (χ4v) is 1.31. The molecule has 1 aromatic rings. The lowest BCUT2D eigenvalue weighted by atomic mass is 10.1. The van der Waals surface area contributed by atoms with Crippen LogP contribution in [0.5, 0.6) is 0 Å². The van der Waals surface area contributed by atoms with Gasteiger partial charge >= 0.3 is 5.97 Å². The van der Waals surface area contributed by atoms with E-state index in [2.05, 4.69) is 0 Å². The van der Waals surface area contributed by atoms with Gasteiger partial charge in [-0.1, -0.05) is 30.3 Å². The third kappa shape index (κ3) is 4.51. The van der Waals surface area contributed by atoms with Crippen molar-refractivity contribution in [2.24, 2.45) is 0 Å². The Morgan fingerprint density at radius 1 is 1.29 bits per heavy atom. The first-order chi connectivity index (χ1) is 8.13. The zero-order valence-corrected chi connectivity index (χ0v) is 9.51. The molecule has 0 aliphatic carbocycles. The van der Waals surface area contributed by atoms with E-state index < -0.39 is 18.4 Å². The van der Waals surface area contributed by atoms with Crippen molar-refractivity contribution in [3.05, 3.63) is 41.5 Å². The normalized spacial score (nSPS) is 11.0. The second-order valence-corrected chi connectivity index (χ2v) is 3.35. The third-order valence-corrected chi connectivity index (χ3v) is 2.01. The molecule has 90 valence electrons. The van der Waals surface area contributed by atoms with Crippen LogP contribution in [0, 0.1) is 0 Å². The predicted molar refractivity (Wildman–Crippen MR) is 60.7 cm³/mol. The molecule has 0 radical (unpaired) electrons. The van der Waals surface area contributed by atoms with Gasteiger partial charge in [-0.3, -0.25) is 0 Å². The third-order valence-electron chi connectivity index (χ3n) is 2.01. The SMILES string of the molecule is CCOC(=O)/C(=C\c1ccccc1)CC(=O)[O-]. The van der Waals surface area contributed by atoms with E-state index >= 15 is 0 Å². The monoisotopic (exact) mass is 233 g/mol. The summed E-state index contributed by atoms with van der Waals surface area (Å²) in [4.78, 5) is 22.1. The Balaban J connectivity index is 2.93. The number of hydrogen-bond acceptors (Lipinski definition) is 4. The molecule has 0 aromatic heterocycles. The minimum atomic E-state index is -1.31. The van der Waals surface area contributed by atoms with Gasteiger partial charge in [0.2, 0.25) is 0 Å². The van der Waals surface area contributed by atoms with Gasteiger partial charge in [0.25, 0.3) is 0 Å². The van der Waals surface area contributed by atoms with E-state index in [1.807, 2.05) is 6.07 Å². The summed E-state index contributed by atoms with van der Waals surface area (Å²) in [6.07, 6.45) is 1.04. The molecule has 0 aliphatic heterocycles. The molecule has 0 bridgehead atoms. The van der Waals surface area contributed by atoms with Crippen LogP contribution in [0.15, 0.2) is 35.9 Å². The molecular weight excluding hydrogens is 220 g/mol. The molecule has 0 saturated carbocycles. The van der Waals surface area contributed by atoms with E-state index in [1.54, 1.807) is 31.2 Å². The van der Waals surface area contributed by atoms with Crippen LogP contribution in [0.3, 0.4) is 0 Å². The molecule has 0 saturated heterocycles. The molecule has 1 rings (SSSR count). The summed E-state index contributed by atoms with van der Waals surface area (Å²) < 4.78 is 4.78. The minimum absolute atomic E-state index is 0.0815. The fraction of sp³-hybridized carbons (Fsp3) is 0.231. The molecular formula is C13H13O4-. The summed E-state index contributed by atoms with van der Waals surface area (Å²) in [5, 5.41) is 10.5. The summed E-state index contributed by atoms with van der Waals surface area (Å²) in [6.45, 7) is 1.87. The molecule has 0 fully saturated rings. The summed E-state index contributed by atoms with van der Waals surface area (Å²) in [7, 11) is 0. The summed E-state index contributed by atoms with van der Waals surface area (Å²) >= 11 is 0. The van der Waals surface area contributed by atoms with Crippen molar-refractivity contribution in [3.8, 4) is 0 Å². The Labute approximate surface area is 99.5 Å². The largest absolute Gasteiger partial charge is 0.550 e. The number of carbonyl (C=O) groups excluding carboxylic acids is 2. The number of carbonyl (C=O) groups is 2. The summed E-state index contributed by atoms with van der Waals surface area (Å²) in [6, 6.07) is 8.98. The number of aliphatic carboxylic acids is 1. The number of hydrogen-bond donors (Lipinski definition) is 0. The van der Waals surface area contributed by atoms with Crippen LogP contribution in [-0.4, -0.2) is 18.5 Å². The molecule has 0 atom stereocenters. The maximum atomic E-state index is 11.5. The molecule has 0 spiro atoms. The van der Waals surface area contributed by atoms with Crippen LogP contribution in [0.1, 0.15) is 18.9 Å². The molecule has 0 heterocycles. The van der Waals surface area contributed by atoms with E-state index in [0.29, 0.717) is 0 Å². The predicted octanol–water partition coefficient (Wildman–Crippen LogP) is 0.773. The molecule has 1 aromatic carbocycles. The van der Waals surface area contributed by atoms with Crippen molar-refractivity contribution >= 4 is 18.0 Å². The number of ether oxygens (including phenoxy) is 1. The first kappa shape index (κ1) is 13.0. The smallest absolute Gasteiger partial charge is 0.334 e. The lowest BCUT2D eigenvalue weighted by Gasteiger charge is -2.07. The van der Waals surface area contributed by atoms with Gasteiger partial charge in [-0.05, 0) is 18.6 Å². The molecule has 0 N–H and O–H groups in total. The Bertz CT molecular complexity index is 420. The highest BCUT2D eigenvalue weighted by atomic mass is 16.5. The molecule has 0 unspecified atom stereocenters. The van der Waals surface area contributed by atoms with Crippen molar-refractivity contribution < 1.29 is 19.4 Å². The lowest BCUT2D eigenvalue weighted by Crippen LogP contribution is -2.24. The van der Waals surface area contributed by atoms with Gasteiger partial charge in [-0.15, -0.1) is 0 Å². The molecule has 0 aliphatic rings. The first-order valence-electron chi connectivity index (χ1n) is 5.26. The number of carboxylic acid groups (broad SMARTS) is 1. The minimum Gasteiger partial charge on any atom is -0.550 e. The topological polar surface area (TPSA) is 66.4 Å². The summed E-state index contributed by atoms with van der Waals surface area (Å²) in [5.74, 6) is -1.93. The zero-order valence-electron chi connectivity index (χ0n) is 9.51. The maximum absolute atomic E-state index is 11.5. The van der Waals surface area contributed by atoms with E-state index in [1.165, 1.54) is 6.08 Å². The van der Waals surface area contributed by atoms with E-state index in [0.717, 1.165) is 5.56 Å². The van der Waals surface area contributed by atoms with Gasteiger partial charge in [-0.25, -0.2) is 4.79 Å². The van der Waals surface area contributed by atoms with Crippen LogP contribution in [-0.2, 0) is 14.3 Å². The van der Waals surface area contributed by atoms with E-state index in [4.69, 9.17) is 4.74 Å². The molecule has 0 amide bonds. The average molecular weight is 233 g/mol. The molecule has 4 heteroatoms. The van der Waals surface area contributed by atoms with Crippen molar-refractivity contribution in [2.75, 3.05) is 6.61 Å². The first-order valence-corrected chi connectivity index (χ1v) is 5.26. The van der Waals surface area contributed by atoms with Crippen LogP contribution in [0.2, 0.25) is 0 Å². The quantitative estimate of drug-likeness (QED) is 0.556. The van der Waals surface area contributed by atoms with Crippen LogP contribution in [0.25, 0.3) is 6.08 Å². The van der Waals surface area contributed by atoms with Crippen molar-refractivity contribution in [2.45, 2.75) is 13.3 Å². The van der Waals surface area contributed by atoms with Crippen molar-refractivity contribution in [3.63, 3.8) is 0 Å². The molecule has 4 nitrogen and oxygen atoms in total. The Hall–Kier alpha value is -2.10. The van der Waals surface area contributed by atoms with Gasteiger partial charge in [0.1, 0.15) is 0 Å². The lowest BCUT2D eigenvalue weighted by molar-refractivity contribution is -0.304. The Morgan fingerprint density at radius 3 is 2.47 bits per heavy atom. The highest BCUT2D eigenvalue weighted by Crippen LogP contribution is 2.11. The van der Waals surface area contributed by atoms with Gasteiger partial charge in [0.05, 0.1) is 6.61 Å². The van der Waals surface area contributed by atoms with Crippen LogP contribution < -0.4 is 5.11 Å². The highest BCUT2D eigenvalue weighted by molar-refractivity contribution is 5.97. The van der Waals surface area contributed by atoms with Crippen LogP contribution >= 0.6 is 0 Å². The highest BCUT2D eigenvalue weighted by Gasteiger charge is 2.10. The second kappa shape index (κ2) is 6.48.